The Morgan fingerprint density at radius 2 is 1.82 bits per heavy atom. The molecule has 1 aromatic carbocycles. The molecule has 146 valence electrons. The van der Waals surface area contributed by atoms with Crippen molar-refractivity contribution in [2.24, 2.45) is 0 Å². The third kappa shape index (κ3) is 4.95. The van der Waals surface area contributed by atoms with Gasteiger partial charge < -0.3 is 10.1 Å². The molecule has 2 heterocycles. The molecule has 1 amide bonds. The van der Waals surface area contributed by atoms with Crippen LogP contribution in [-0.2, 0) is 17.9 Å². The Balaban J connectivity index is 1.59. The van der Waals surface area contributed by atoms with Gasteiger partial charge in [-0.25, -0.2) is 4.98 Å². The molecule has 0 saturated carbocycles. The summed E-state index contributed by atoms with van der Waals surface area (Å²) >= 11 is 0. The lowest BCUT2D eigenvalue weighted by atomic mass is 10.1. The average Bonchev–Trinajstić information content (AvgIpc) is 2.67. The molecule has 0 atom stereocenters. The van der Waals surface area contributed by atoms with Crippen LogP contribution in [0.3, 0.4) is 0 Å². The molecule has 0 radical (unpaired) electrons. The lowest BCUT2D eigenvalue weighted by molar-refractivity contribution is -0.176. The predicted octanol–water partition coefficient (Wildman–Crippen LogP) is 2.70. The van der Waals surface area contributed by atoms with Gasteiger partial charge in [0.1, 0.15) is 17.8 Å². The van der Waals surface area contributed by atoms with Crippen molar-refractivity contribution in [3.05, 3.63) is 81.9 Å². The fourth-order valence-electron chi connectivity index (χ4n) is 2.50. The van der Waals surface area contributed by atoms with Gasteiger partial charge >= 0.3 is 6.18 Å². The number of amides is 1. The highest BCUT2D eigenvalue weighted by Crippen LogP contribution is 2.15. The number of nitrogens with zero attached hydrogens (tertiary/aromatic N) is 2. The second kappa shape index (κ2) is 8.22. The van der Waals surface area contributed by atoms with Crippen molar-refractivity contribution in [1.29, 1.82) is 0 Å². The predicted molar refractivity (Wildman–Crippen MR) is 94.8 cm³/mol. The molecule has 0 fully saturated rings. The third-order valence-electron chi connectivity index (χ3n) is 3.87. The first-order chi connectivity index (χ1) is 13.3. The number of hydrogen-bond donors (Lipinski definition) is 1. The van der Waals surface area contributed by atoms with Gasteiger partial charge in [-0.2, -0.15) is 13.2 Å². The largest absolute Gasteiger partial charge is 0.411 e. The van der Waals surface area contributed by atoms with Crippen molar-refractivity contribution < 1.29 is 22.7 Å². The van der Waals surface area contributed by atoms with Crippen molar-refractivity contribution in [2.75, 3.05) is 6.61 Å². The highest BCUT2D eigenvalue weighted by atomic mass is 19.4. The van der Waals surface area contributed by atoms with Crippen molar-refractivity contribution in [3.63, 3.8) is 0 Å². The molecule has 0 aliphatic rings. The minimum Gasteiger partial charge on any atom is -0.367 e. The summed E-state index contributed by atoms with van der Waals surface area (Å²) in [4.78, 5) is 28.7. The summed E-state index contributed by atoms with van der Waals surface area (Å²) in [6.07, 6.45) is -1.60. The molecule has 0 spiro atoms. The van der Waals surface area contributed by atoms with Gasteiger partial charge in [-0.1, -0.05) is 30.3 Å². The van der Waals surface area contributed by atoms with E-state index in [0.29, 0.717) is 11.2 Å². The molecule has 0 aliphatic heterocycles. The Kier molecular flexibility index (Phi) is 5.74. The first-order valence-electron chi connectivity index (χ1n) is 8.30. The summed E-state index contributed by atoms with van der Waals surface area (Å²) in [5.41, 5.74) is 1.19. The first kappa shape index (κ1) is 19.6. The standard InChI is InChI=1S/C19H16F3N3O3/c20-19(21,22)12-28-11-14-6-4-13(5-7-14)9-24-17(26)15-10-23-16-3-1-2-8-25(16)18(15)27/h1-8,10H,9,11-12H2,(H,24,26). The number of carbonyl (C=O) groups is 1. The Bertz CT molecular complexity index is 1030. The topological polar surface area (TPSA) is 72.7 Å². The van der Waals surface area contributed by atoms with E-state index in [2.05, 4.69) is 15.0 Å². The number of alkyl halides is 3. The summed E-state index contributed by atoms with van der Waals surface area (Å²) in [7, 11) is 0. The third-order valence-corrected chi connectivity index (χ3v) is 3.87. The number of halogens is 3. The number of carbonyl (C=O) groups excluding carboxylic acids is 1. The van der Waals surface area contributed by atoms with Gasteiger partial charge in [0.2, 0.25) is 0 Å². The van der Waals surface area contributed by atoms with Crippen molar-refractivity contribution in [2.45, 2.75) is 19.3 Å². The van der Waals surface area contributed by atoms with Crippen LogP contribution in [0.15, 0.2) is 59.7 Å². The summed E-state index contributed by atoms with van der Waals surface area (Å²) < 4.78 is 42.1. The second-order valence-corrected chi connectivity index (χ2v) is 6.01. The minimum atomic E-state index is -4.36. The van der Waals surface area contributed by atoms with E-state index in [1.54, 1.807) is 42.5 Å². The molecule has 1 N–H and O–H groups in total. The average molecular weight is 391 g/mol. The Hall–Kier alpha value is -3.20. The molecule has 3 rings (SSSR count). The number of benzene rings is 1. The van der Waals surface area contributed by atoms with Crippen molar-refractivity contribution in [3.8, 4) is 0 Å². The molecule has 9 heteroatoms. The summed E-state index contributed by atoms with van der Waals surface area (Å²) in [5, 5.41) is 2.63. The SMILES string of the molecule is O=C(NCc1ccc(COCC(F)(F)F)cc1)c1cnc2ccccn2c1=O. The zero-order valence-electron chi connectivity index (χ0n) is 14.6. The number of ether oxygens (including phenoxy) is 1. The van der Waals surface area contributed by atoms with Crippen LogP contribution < -0.4 is 10.9 Å². The Labute approximate surface area is 157 Å². The van der Waals surface area contributed by atoms with E-state index in [-0.39, 0.29) is 18.7 Å². The van der Waals surface area contributed by atoms with E-state index in [1.165, 1.54) is 16.8 Å². The summed E-state index contributed by atoms with van der Waals surface area (Å²) in [6.45, 7) is -1.31. The summed E-state index contributed by atoms with van der Waals surface area (Å²) in [5.74, 6) is -0.562. The van der Waals surface area contributed by atoms with E-state index >= 15 is 0 Å². The minimum absolute atomic E-state index is 0.0825. The van der Waals surface area contributed by atoms with Crippen LogP contribution in [0.2, 0.25) is 0 Å². The van der Waals surface area contributed by atoms with Gasteiger partial charge in [-0.15, -0.1) is 0 Å². The molecule has 28 heavy (non-hydrogen) atoms. The van der Waals surface area contributed by atoms with Gasteiger partial charge in [0.25, 0.3) is 11.5 Å². The normalized spacial score (nSPS) is 11.5. The number of nitrogens with one attached hydrogen (secondary N) is 1. The Morgan fingerprint density at radius 3 is 2.54 bits per heavy atom. The summed E-state index contributed by atoms with van der Waals surface area (Å²) in [6, 6.07) is 11.6. The van der Waals surface area contributed by atoms with E-state index in [4.69, 9.17) is 0 Å². The fourth-order valence-corrected chi connectivity index (χ4v) is 2.50. The van der Waals surface area contributed by atoms with Crippen LogP contribution in [0.25, 0.3) is 5.65 Å². The second-order valence-electron chi connectivity index (χ2n) is 6.01. The molecular formula is C19H16F3N3O3. The molecule has 0 saturated heterocycles. The van der Waals surface area contributed by atoms with Gasteiger partial charge in [0.15, 0.2) is 0 Å². The van der Waals surface area contributed by atoms with Crippen LogP contribution in [0.4, 0.5) is 13.2 Å². The molecule has 0 unspecified atom stereocenters. The van der Waals surface area contributed by atoms with Crippen molar-refractivity contribution >= 4 is 11.6 Å². The monoisotopic (exact) mass is 391 g/mol. The van der Waals surface area contributed by atoms with Crippen LogP contribution in [0, 0.1) is 0 Å². The van der Waals surface area contributed by atoms with E-state index in [0.717, 1.165) is 5.56 Å². The lowest BCUT2D eigenvalue weighted by Crippen LogP contribution is -2.31. The van der Waals surface area contributed by atoms with E-state index in [9.17, 15) is 22.8 Å². The van der Waals surface area contributed by atoms with Crippen LogP contribution >= 0.6 is 0 Å². The van der Waals surface area contributed by atoms with Gasteiger partial charge in [0, 0.05) is 18.9 Å². The number of hydrogen-bond acceptors (Lipinski definition) is 4. The van der Waals surface area contributed by atoms with Crippen molar-refractivity contribution in [1.82, 2.24) is 14.7 Å². The number of pyridine rings is 1. The highest BCUT2D eigenvalue weighted by Gasteiger charge is 2.27. The maximum absolute atomic E-state index is 12.4. The highest BCUT2D eigenvalue weighted by molar-refractivity contribution is 5.93. The molecule has 6 nitrogen and oxygen atoms in total. The quantitative estimate of drug-likeness (QED) is 0.701. The zero-order chi connectivity index (χ0) is 20.1. The first-order valence-corrected chi connectivity index (χ1v) is 8.30. The zero-order valence-corrected chi connectivity index (χ0v) is 14.6. The van der Waals surface area contributed by atoms with Crippen LogP contribution in [0.5, 0.6) is 0 Å². The fraction of sp³-hybridized carbons (Fsp3) is 0.211. The number of aromatic nitrogens is 2. The van der Waals surface area contributed by atoms with E-state index < -0.39 is 24.2 Å². The van der Waals surface area contributed by atoms with E-state index in [1.807, 2.05) is 0 Å². The molecule has 2 aromatic heterocycles. The van der Waals surface area contributed by atoms with Gasteiger partial charge in [-0.05, 0) is 23.3 Å². The van der Waals surface area contributed by atoms with Gasteiger partial charge in [0.05, 0.1) is 6.61 Å². The van der Waals surface area contributed by atoms with Gasteiger partial charge in [-0.3, -0.25) is 14.0 Å². The van der Waals surface area contributed by atoms with Crippen LogP contribution in [0.1, 0.15) is 21.5 Å². The maximum atomic E-state index is 12.4. The molecular weight excluding hydrogens is 375 g/mol. The van der Waals surface area contributed by atoms with Crippen LogP contribution in [-0.4, -0.2) is 28.1 Å². The molecule has 0 aliphatic carbocycles. The smallest absolute Gasteiger partial charge is 0.367 e. The number of fused-ring (bicyclic) bond motifs is 1. The lowest BCUT2D eigenvalue weighted by Gasteiger charge is -2.09. The Morgan fingerprint density at radius 1 is 1.11 bits per heavy atom. The molecule has 0 bridgehead atoms. The number of rotatable bonds is 6. The maximum Gasteiger partial charge on any atom is 0.411 e. The molecule has 3 aromatic rings.